The number of terminal acetylenes is 1. The number of amidine groups is 2. The number of amides is 1. The third-order valence-electron chi connectivity index (χ3n) is 2.49. The van der Waals surface area contributed by atoms with E-state index in [9.17, 15) is 4.79 Å². The fourth-order valence-corrected chi connectivity index (χ4v) is 1.54. The lowest BCUT2D eigenvalue weighted by Gasteiger charge is -2.13. The molecule has 7 heteroatoms. The van der Waals surface area contributed by atoms with E-state index in [4.69, 9.17) is 6.42 Å². The van der Waals surface area contributed by atoms with Crippen LogP contribution < -0.4 is 14.9 Å². The molecule has 0 fully saturated rings. The molecule has 0 bridgehead atoms. The molecular weight excluding hydrogens is 256 g/mol. The lowest BCUT2D eigenvalue weighted by molar-refractivity contribution is 0.0967. The van der Waals surface area contributed by atoms with E-state index >= 15 is 0 Å². The van der Waals surface area contributed by atoms with Gasteiger partial charge in [-0.1, -0.05) is 0 Å². The number of aromatic nitrogens is 2. The summed E-state index contributed by atoms with van der Waals surface area (Å²) >= 11 is 0. The molecule has 1 aromatic rings. The second-order valence-electron chi connectivity index (χ2n) is 4.22. The zero-order valence-corrected chi connectivity index (χ0v) is 11.4. The molecule has 0 unspecified atom stereocenters. The molecule has 0 aliphatic carbocycles. The highest BCUT2D eigenvalue weighted by Crippen LogP contribution is 2.13. The molecule has 0 saturated heterocycles. The number of carbonyl (C=O) groups excluding carboxylic acids is 1. The van der Waals surface area contributed by atoms with Gasteiger partial charge in [0.05, 0.1) is 18.8 Å². The maximum Gasteiger partial charge on any atom is 0.389 e. The van der Waals surface area contributed by atoms with Gasteiger partial charge < -0.3 is 4.90 Å². The van der Waals surface area contributed by atoms with Crippen molar-refractivity contribution in [3.8, 4) is 12.3 Å². The maximum atomic E-state index is 12.0. The summed E-state index contributed by atoms with van der Waals surface area (Å²) in [6.45, 7) is 1.73. The van der Waals surface area contributed by atoms with E-state index < -0.39 is 5.91 Å². The second kappa shape index (κ2) is 5.34. The van der Waals surface area contributed by atoms with Gasteiger partial charge in [0.25, 0.3) is 12.1 Å². The number of carbonyl (C=O) groups is 1. The van der Waals surface area contributed by atoms with Crippen LogP contribution in [0, 0.1) is 12.3 Å². The lowest BCUT2D eigenvalue weighted by atomic mass is 10.3. The minimum atomic E-state index is -0.480. The Morgan fingerprint density at radius 2 is 2.25 bits per heavy atom. The van der Waals surface area contributed by atoms with Crippen LogP contribution in [0.25, 0.3) is 0 Å². The summed E-state index contributed by atoms with van der Waals surface area (Å²) in [5.74, 6) is 2.88. The van der Waals surface area contributed by atoms with Crippen LogP contribution in [0.4, 0.5) is 5.69 Å². The Hall–Kier alpha value is -2.97. The Bertz CT molecular complexity index is 704. The highest BCUT2D eigenvalue weighted by molar-refractivity contribution is 6.37. The van der Waals surface area contributed by atoms with E-state index in [-0.39, 0.29) is 5.82 Å². The largest absolute Gasteiger partial charge is 0.389 e. The smallest absolute Gasteiger partial charge is 0.374 e. The Labute approximate surface area is 116 Å². The molecule has 1 aromatic heterocycles. The zero-order valence-electron chi connectivity index (χ0n) is 11.4. The second-order valence-corrected chi connectivity index (χ2v) is 4.22. The fraction of sp³-hybridized carbons (Fsp3) is 0.231. The molecular formula is C13H13N6O+. The first-order valence-electron chi connectivity index (χ1n) is 5.80. The van der Waals surface area contributed by atoms with Crippen LogP contribution in [0.15, 0.2) is 11.2 Å². The van der Waals surface area contributed by atoms with E-state index in [1.54, 1.807) is 11.8 Å². The summed E-state index contributed by atoms with van der Waals surface area (Å²) in [7, 11) is 3.64. The van der Waals surface area contributed by atoms with Gasteiger partial charge in [-0.25, -0.2) is 14.6 Å². The highest BCUT2D eigenvalue weighted by atomic mass is 16.2. The van der Waals surface area contributed by atoms with Crippen LogP contribution in [0.2, 0.25) is 0 Å². The van der Waals surface area contributed by atoms with Crippen LogP contribution in [0.3, 0.4) is 0 Å². The van der Waals surface area contributed by atoms with Crippen molar-refractivity contribution in [3.63, 3.8) is 0 Å². The number of hydrogen-bond donors (Lipinski definition) is 1. The molecule has 1 amide bonds. The SMILES string of the molecule is C#Cc1nc(C(=O)NC2=NC(C)=[N+]=C2)ncc1N(C)C. The maximum absolute atomic E-state index is 12.0. The van der Waals surface area contributed by atoms with Crippen molar-refractivity contribution in [2.75, 3.05) is 19.0 Å². The molecule has 0 radical (unpaired) electrons. The number of hydrogen-bond acceptors (Lipinski definition) is 5. The van der Waals surface area contributed by atoms with Gasteiger partial charge in [-0.15, -0.1) is 6.42 Å². The molecule has 100 valence electrons. The lowest BCUT2D eigenvalue weighted by Crippen LogP contribution is -2.32. The normalized spacial score (nSPS) is 12.5. The molecule has 0 atom stereocenters. The quantitative estimate of drug-likeness (QED) is 0.564. The van der Waals surface area contributed by atoms with E-state index in [2.05, 4.69) is 30.9 Å². The molecule has 0 saturated carbocycles. The molecule has 1 aliphatic heterocycles. The Balaban J connectivity index is 2.22. The molecule has 2 rings (SSSR count). The molecule has 1 aliphatic rings. The molecule has 20 heavy (non-hydrogen) atoms. The molecule has 7 nitrogen and oxygen atoms in total. The van der Waals surface area contributed by atoms with Crippen molar-refractivity contribution < 1.29 is 4.79 Å². The molecule has 1 N–H and O–H groups in total. The van der Waals surface area contributed by atoms with E-state index in [0.717, 1.165) is 0 Å². The van der Waals surface area contributed by atoms with Crippen LogP contribution in [0.5, 0.6) is 0 Å². The van der Waals surface area contributed by atoms with Crippen molar-refractivity contribution in [3.05, 3.63) is 17.7 Å². The van der Waals surface area contributed by atoms with Gasteiger partial charge in [0.15, 0.2) is 0 Å². The summed E-state index contributed by atoms with van der Waals surface area (Å²) in [5.41, 5.74) is 1.04. The van der Waals surface area contributed by atoms with Gasteiger partial charge in [0, 0.05) is 14.1 Å². The Kier molecular flexibility index (Phi) is 3.60. The average molecular weight is 269 g/mol. The van der Waals surface area contributed by atoms with Gasteiger partial charge in [-0.05, 0) is 10.9 Å². The summed E-state index contributed by atoms with van der Waals surface area (Å²) < 4.78 is 3.93. The predicted octanol–water partition coefficient (Wildman–Crippen LogP) is -0.778. The van der Waals surface area contributed by atoms with Crippen LogP contribution in [-0.2, 0) is 0 Å². The fourth-order valence-electron chi connectivity index (χ4n) is 1.54. The number of anilines is 1. The van der Waals surface area contributed by atoms with E-state index in [1.807, 2.05) is 14.1 Å². The average Bonchev–Trinajstić information content (AvgIpc) is 2.83. The van der Waals surface area contributed by atoms with Gasteiger partial charge in [0.1, 0.15) is 5.69 Å². The van der Waals surface area contributed by atoms with Crippen LogP contribution in [-0.4, -0.2) is 47.9 Å². The Morgan fingerprint density at radius 1 is 1.50 bits per heavy atom. The summed E-state index contributed by atoms with van der Waals surface area (Å²) in [5, 5.41) is 2.56. The minimum Gasteiger partial charge on any atom is -0.374 e. The summed E-state index contributed by atoms with van der Waals surface area (Å²) in [4.78, 5) is 25.9. The van der Waals surface area contributed by atoms with Gasteiger partial charge in [-0.2, -0.15) is 0 Å². The molecule has 2 heterocycles. The Morgan fingerprint density at radius 3 is 2.80 bits per heavy atom. The van der Waals surface area contributed by atoms with Crippen LogP contribution >= 0.6 is 0 Å². The minimum absolute atomic E-state index is 0.01000. The standard InChI is InChI=1S/C13H12N6O/c1-5-9-10(19(3)4)6-15-12(17-9)13(20)18-11-7-14-8(2)16-11/h1,6-7H,2-4H3/p+1. The van der Waals surface area contributed by atoms with Crippen LogP contribution in [0.1, 0.15) is 23.2 Å². The first-order valence-corrected chi connectivity index (χ1v) is 5.80. The van der Waals surface area contributed by atoms with Crippen molar-refractivity contribution >= 4 is 29.5 Å². The third-order valence-corrected chi connectivity index (χ3v) is 2.49. The first-order chi connectivity index (χ1) is 9.51. The van der Waals surface area contributed by atoms with Crippen molar-refractivity contribution in [1.29, 1.82) is 0 Å². The van der Waals surface area contributed by atoms with Crippen molar-refractivity contribution in [2.45, 2.75) is 6.92 Å². The van der Waals surface area contributed by atoms with E-state index in [0.29, 0.717) is 23.1 Å². The highest BCUT2D eigenvalue weighted by Gasteiger charge is 2.20. The number of nitrogens with one attached hydrogen (secondary N) is 1. The first kappa shape index (κ1) is 13.5. The number of nitrogens with zero attached hydrogens (tertiary/aromatic N) is 5. The summed E-state index contributed by atoms with van der Waals surface area (Å²) in [6, 6.07) is 0. The van der Waals surface area contributed by atoms with Gasteiger partial charge in [0.2, 0.25) is 5.82 Å². The van der Waals surface area contributed by atoms with Crippen molar-refractivity contribution in [2.24, 2.45) is 4.99 Å². The summed E-state index contributed by atoms with van der Waals surface area (Å²) in [6.07, 6.45) is 8.37. The van der Waals surface area contributed by atoms with Crippen molar-refractivity contribution in [1.82, 2.24) is 20.0 Å². The van der Waals surface area contributed by atoms with Gasteiger partial charge in [-0.3, -0.25) is 10.1 Å². The number of aliphatic imine (C=N–C) groups is 1. The molecule has 0 aromatic carbocycles. The predicted molar refractivity (Wildman–Crippen MR) is 78.1 cm³/mol. The topological polar surface area (TPSA) is 84.6 Å². The third kappa shape index (κ3) is 2.71. The van der Waals surface area contributed by atoms with Gasteiger partial charge >= 0.3 is 11.7 Å². The molecule has 0 spiro atoms. The number of rotatable bonds is 2. The van der Waals surface area contributed by atoms with E-state index in [1.165, 1.54) is 12.4 Å². The monoisotopic (exact) mass is 269 g/mol. The zero-order chi connectivity index (χ0) is 14.7.